The van der Waals surface area contributed by atoms with Crippen molar-refractivity contribution in [1.82, 2.24) is 14.6 Å². The summed E-state index contributed by atoms with van der Waals surface area (Å²) in [5.74, 6) is 0.276. The average molecular weight is 259 g/mol. The van der Waals surface area contributed by atoms with E-state index in [2.05, 4.69) is 10.1 Å². The molecule has 0 aliphatic carbocycles. The molecule has 3 aromatic rings. The zero-order valence-electron chi connectivity index (χ0n) is 9.76. The molecule has 0 radical (unpaired) electrons. The topological polar surface area (TPSA) is 56.2 Å². The van der Waals surface area contributed by atoms with Crippen LogP contribution in [0.5, 0.6) is 0 Å². The first-order chi connectivity index (χ1) is 8.63. The molecule has 1 aromatic carbocycles. The van der Waals surface area contributed by atoms with Crippen molar-refractivity contribution < 1.29 is 0 Å². The summed E-state index contributed by atoms with van der Waals surface area (Å²) in [5.41, 5.74) is 9.56. The van der Waals surface area contributed by atoms with Crippen molar-refractivity contribution in [3.8, 4) is 11.1 Å². The summed E-state index contributed by atoms with van der Waals surface area (Å²) in [5, 5.41) is 4.83. The number of fused-ring (bicyclic) bond motifs is 1. The largest absolute Gasteiger partial charge is 0.366 e. The van der Waals surface area contributed by atoms with Gasteiger partial charge in [-0.15, -0.1) is 5.10 Å². The molecule has 0 spiro atoms. The third-order valence-electron chi connectivity index (χ3n) is 2.83. The van der Waals surface area contributed by atoms with Gasteiger partial charge >= 0.3 is 0 Å². The standard InChI is InChI=1S/C13H11ClN4/c1-8-5-12-16-13(15)17-18(12)7-11(8)9-3-2-4-10(14)6-9/h2-7H,1H3,(H2,15,17). The van der Waals surface area contributed by atoms with Gasteiger partial charge in [-0.05, 0) is 36.2 Å². The molecule has 18 heavy (non-hydrogen) atoms. The molecule has 0 unspecified atom stereocenters. The molecule has 2 N–H and O–H groups in total. The normalized spacial score (nSPS) is 11.0. The van der Waals surface area contributed by atoms with E-state index in [0.29, 0.717) is 5.02 Å². The predicted molar refractivity (Wildman–Crippen MR) is 72.6 cm³/mol. The van der Waals surface area contributed by atoms with E-state index in [4.69, 9.17) is 17.3 Å². The van der Waals surface area contributed by atoms with Gasteiger partial charge < -0.3 is 5.73 Å². The Morgan fingerprint density at radius 3 is 2.89 bits per heavy atom. The van der Waals surface area contributed by atoms with Gasteiger partial charge in [-0.3, -0.25) is 0 Å². The van der Waals surface area contributed by atoms with Gasteiger partial charge in [-0.2, -0.15) is 4.98 Å². The molecule has 0 atom stereocenters. The molecule has 0 aliphatic heterocycles. The Bertz CT molecular complexity index is 733. The molecule has 2 heterocycles. The highest BCUT2D eigenvalue weighted by atomic mass is 35.5. The highest BCUT2D eigenvalue weighted by molar-refractivity contribution is 6.30. The minimum atomic E-state index is 0.276. The third-order valence-corrected chi connectivity index (χ3v) is 3.07. The fourth-order valence-electron chi connectivity index (χ4n) is 2.00. The Labute approximate surface area is 109 Å². The summed E-state index contributed by atoms with van der Waals surface area (Å²) in [6.45, 7) is 2.03. The Hall–Kier alpha value is -2.07. The van der Waals surface area contributed by atoms with Crippen LogP contribution in [0.25, 0.3) is 16.8 Å². The minimum Gasteiger partial charge on any atom is -0.366 e. The highest BCUT2D eigenvalue weighted by Crippen LogP contribution is 2.26. The summed E-state index contributed by atoms with van der Waals surface area (Å²) in [7, 11) is 0. The van der Waals surface area contributed by atoms with Gasteiger partial charge in [0.05, 0.1) is 0 Å². The van der Waals surface area contributed by atoms with Crippen LogP contribution in [0, 0.1) is 6.92 Å². The number of hydrogen-bond donors (Lipinski definition) is 1. The van der Waals surface area contributed by atoms with E-state index in [9.17, 15) is 0 Å². The molecular formula is C13H11ClN4. The smallest absolute Gasteiger partial charge is 0.240 e. The molecule has 0 amide bonds. The number of rotatable bonds is 1. The van der Waals surface area contributed by atoms with E-state index in [1.165, 1.54) is 0 Å². The predicted octanol–water partition coefficient (Wildman–Crippen LogP) is 2.94. The fraction of sp³-hybridized carbons (Fsp3) is 0.0769. The van der Waals surface area contributed by atoms with Crippen LogP contribution in [0.15, 0.2) is 36.5 Å². The Balaban J connectivity index is 2.25. The van der Waals surface area contributed by atoms with Crippen molar-refractivity contribution >= 4 is 23.2 Å². The van der Waals surface area contributed by atoms with E-state index in [-0.39, 0.29) is 5.95 Å². The zero-order chi connectivity index (χ0) is 12.7. The molecule has 0 saturated heterocycles. The number of nitrogen functional groups attached to an aromatic ring is 1. The summed E-state index contributed by atoms with van der Waals surface area (Å²) in [6.07, 6.45) is 1.92. The first-order valence-corrected chi connectivity index (χ1v) is 5.90. The Morgan fingerprint density at radius 2 is 2.11 bits per heavy atom. The number of hydrogen-bond acceptors (Lipinski definition) is 3. The van der Waals surface area contributed by atoms with Crippen LogP contribution in [0.3, 0.4) is 0 Å². The number of anilines is 1. The van der Waals surface area contributed by atoms with Crippen LogP contribution in [0.2, 0.25) is 5.02 Å². The van der Waals surface area contributed by atoms with E-state index < -0.39 is 0 Å². The van der Waals surface area contributed by atoms with Gasteiger partial charge in [-0.1, -0.05) is 23.7 Å². The van der Waals surface area contributed by atoms with Gasteiger partial charge in [0.15, 0.2) is 5.65 Å². The lowest BCUT2D eigenvalue weighted by atomic mass is 10.0. The zero-order valence-corrected chi connectivity index (χ0v) is 10.5. The SMILES string of the molecule is Cc1cc2nc(N)nn2cc1-c1cccc(Cl)c1. The van der Waals surface area contributed by atoms with Crippen LogP contribution in [-0.4, -0.2) is 14.6 Å². The number of aryl methyl sites for hydroxylation is 1. The molecule has 0 bridgehead atoms. The second-order valence-corrected chi connectivity index (χ2v) is 4.59. The van der Waals surface area contributed by atoms with Crippen molar-refractivity contribution in [3.05, 3.63) is 47.1 Å². The first-order valence-electron chi connectivity index (χ1n) is 5.52. The van der Waals surface area contributed by atoms with Crippen LogP contribution >= 0.6 is 11.6 Å². The minimum absolute atomic E-state index is 0.276. The molecule has 4 nitrogen and oxygen atoms in total. The number of pyridine rings is 1. The number of aromatic nitrogens is 3. The monoisotopic (exact) mass is 258 g/mol. The lowest BCUT2D eigenvalue weighted by Gasteiger charge is -2.06. The molecule has 0 saturated carbocycles. The van der Waals surface area contributed by atoms with Crippen LogP contribution < -0.4 is 5.73 Å². The molecule has 90 valence electrons. The lowest BCUT2D eigenvalue weighted by molar-refractivity contribution is 0.966. The third kappa shape index (κ3) is 1.80. The van der Waals surface area contributed by atoms with Gasteiger partial charge in [0.25, 0.3) is 0 Å². The quantitative estimate of drug-likeness (QED) is 0.730. The average Bonchev–Trinajstić information content (AvgIpc) is 2.67. The van der Waals surface area contributed by atoms with Gasteiger partial charge in [0, 0.05) is 16.8 Å². The van der Waals surface area contributed by atoms with Crippen molar-refractivity contribution in [2.45, 2.75) is 6.92 Å². The summed E-state index contributed by atoms with van der Waals surface area (Å²) in [4.78, 5) is 4.13. The number of nitrogens with zero attached hydrogens (tertiary/aromatic N) is 3. The first kappa shape index (κ1) is 11.0. The second-order valence-electron chi connectivity index (χ2n) is 4.15. The second kappa shape index (κ2) is 3.99. The summed E-state index contributed by atoms with van der Waals surface area (Å²) in [6, 6.07) is 9.68. The van der Waals surface area contributed by atoms with Crippen molar-refractivity contribution in [2.75, 3.05) is 5.73 Å². The maximum atomic E-state index is 6.01. The molecule has 2 aromatic heterocycles. The van der Waals surface area contributed by atoms with Crippen molar-refractivity contribution in [2.24, 2.45) is 0 Å². The van der Waals surface area contributed by atoms with Gasteiger partial charge in [-0.25, -0.2) is 4.52 Å². The highest BCUT2D eigenvalue weighted by Gasteiger charge is 2.07. The number of nitrogens with two attached hydrogens (primary N) is 1. The molecule has 0 aliphatic rings. The number of halogens is 1. The fourth-order valence-corrected chi connectivity index (χ4v) is 2.19. The van der Waals surface area contributed by atoms with Crippen molar-refractivity contribution in [3.63, 3.8) is 0 Å². The maximum Gasteiger partial charge on any atom is 0.240 e. The maximum absolute atomic E-state index is 6.01. The van der Waals surface area contributed by atoms with Gasteiger partial charge in [0.2, 0.25) is 5.95 Å². The molecular weight excluding hydrogens is 248 g/mol. The number of benzene rings is 1. The van der Waals surface area contributed by atoms with Gasteiger partial charge in [0.1, 0.15) is 0 Å². The Kier molecular flexibility index (Phi) is 2.45. The van der Waals surface area contributed by atoms with Crippen LogP contribution in [0.1, 0.15) is 5.56 Å². The molecule has 5 heteroatoms. The van der Waals surface area contributed by atoms with E-state index in [1.807, 2.05) is 43.5 Å². The summed E-state index contributed by atoms with van der Waals surface area (Å²) < 4.78 is 1.68. The van der Waals surface area contributed by atoms with Crippen LogP contribution in [0.4, 0.5) is 5.95 Å². The van der Waals surface area contributed by atoms with Crippen molar-refractivity contribution in [1.29, 1.82) is 0 Å². The summed E-state index contributed by atoms with van der Waals surface area (Å²) >= 11 is 6.01. The molecule has 0 fully saturated rings. The van der Waals surface area contributed by atoms with Crippen LogP contribution in [-0.2, 0) is 0 Å². The van der Waals surface area contributed by atoms with E-state index in [1.54, 1.807) is 4.52 Å². The molecule has 3 rings (SSSR count). The van der Waals surface area contributed by atoms with E-state index in [0.717, 1.165) is 22.3 Å². The lowest BCUT2D eigenvalue weighted by Crippen LogP contribution is -1.93. The Morgan fingerprint density at radius 1 is 1.28 bits per heavy atom. The van der Waals surface area contributed by atoms with E-state index >= 15 is 0 Å².